The number of hydrogen-bond donors (Lipinski definition) is 2. The molecular formula is C14H19NO2. The molecule has 2 rings (SSSR count). The first-order valence-corrected chi connectivity index (χ1v) is 6.01. The van der Waals surface area contributed by atoms with E-state index in [0.717, 1.165) is 29.5 Å². The zero-order valence-corrected chi connectivity index (χ0v) is 10.6. The highest BCUT2D eigenvalue weighted by Crippen LogP contribution is 2.29. The van der Waals surface area contributed by atoms with Gasteiger partial charge in [-0.15, -0.1) is 0 Å². The van der Waals surface area contributed by atoms with E-state index in [1.54, 1.807) is 6.92 Å². The van der Waals surface area contributed by atoms with E-state index in [4.69, 9.17) is 0 Å². The molecule has 0 saturated heterocycles. The van der Waals surface area contributed by atoms with Gasteiger partial charge in [0.15, 0.2) is 0 Å². The summed E-state index contributed by atoms with van der Waals surface area (Å²) in [4.78, 5) is 11.5. The molecule has 1 unspecified atom stereocenters. The second-order valence-electron chi connectivity index (χ2n) is 5.23. The van der Waals surface area contributed by atoms with Gasteiger partial charge in [-0.2, -0.15) is 0 Å². The molecule has 0 heterocycles. The highest BCUT2D eigenvalue weighted by atomic mass is 16.4. The summed E-state index contributed by atoms with van der Waals surface area (Å²) >= 11 is 0. The Bertz CT molecular complexity index is 431. The van der Waals surface area contributed by atoms with Crippen molar-refractivity contribution >= 4 is 5.97 Å². The lowest BCUT2D eigenvalue weighted by molar-refractivity contribution is -0.144. The van der Waals surface area contributed by atoms with E-state index >= 15 is 0 Å². The van der Waals surface area contributed by atoms with Crippen LogP contribution in [0.3, 0.4) is 0 Å². The number of nitrogens with one attached hydrogen (secondary N) is 1. The minimum absolute atomic E-state index is 0.358. The van der Waals surface area contributed by atoms with Crippen LogP contribution in [-0.2, 0) is 10.3 Å². The molecular weight excluding hydrogens is 214 g/mol. The summed E-state index contributed by atoms with van der Waals surface area (Å²) in [6, 6.07) is 6.33. The van der Waals surface area contributed by atoms with Gasteiger partial charge in [-0.25, -0.2) is 4.79 Å². The van der Waals surface area contributed by atoms with Gasteiger partial charge in [0, 0.05) is 6.04 Å². The number of hydrogen-bond acceptors (Lipinski definition) is 2. The molecule has 92 valence electrons. The average Bonchev–Trinajstić information content (AvgIpc) is 2.99. The normalized spacial score (nSPS) is 18.8. The third kappa shape index (κ3) is 2.50. The molecule has 0 spiro atoms. The summed E-state index contributed by atoms with van der Waals surface area (Å²) in [7, 11) is 0. The summed E-state index contributed by atoms with van der Waals surface area (Å²) in [6.45, 7) is 5.74. The summed E-state index contributed by atoms with van der Waals surface area (Å²) in [6.07, 6.45) is 2.15. The molecule has 17 heavy (non-hydrogen) atoms. The molecule has 0 aromatic heterocycles. The zero-order valence-electron chi connectivity index (χ0n) is 10.6. The Labute approximate surface area is 102 Å². The Morgan fingerprint density at radius 2 is 1.82 bits per heavy atom. The zero-order chi connectivity index (χ0) is 12.6. The molecule has 2 N–H and O–H groups in total. The SMILES string of the molecule is Cc1cc(C)cc(C(C)(NC2CC2)C(=O)O)c1. The minimum atomic E-state index is -0.974. The Morgan fingerprint density at radius 1 is 1.29 bits per heavy atom. The predicted octanol–water partition coefficient (Wildman–Crippen LogP) is 2.36. The molecule has 0 aliphatic heterocycles. The molecule has 0 amide bonds. The Hall–Kier alpha value is -1.35. The van der Waals surface area contributed by atoms with Crippen LogP contribution in [0.5, 0.6) is 0 Å². The highest BCUT2D eigenvalue weighted by molar-refractivity contribution is 5.80. The topological polar surface area (TPSA) is 49.3 Å². The molecule has 0 radical (unpaired) electrons. The van der Waals surface area contributed by atoms with Crippen LogP contribution < -0.4 is 5.32 Å². The van der Waals surface area contributed by atoms with Crippen molar-refractivity contribution in [2.75, 3.05) is 0 Å². The van der Waals surface area contributed by atoms with Gasteiger partial charge >= 0.3 is 5.97 Å². The number of aryl methyl sites for hydroxylation is 2. The van der Waals surface area contributed by atoms with Gasteiger partial charge in [0.25, 0.3) is 0 Å². The number of rotatable bonds is 4. The summed E-state index contributed by atoms with van der Waals surface area (Å²) in [5.41, 5.74) is 2.07. The van der Waals surface area contributed by atoms with Gasteiger partial charge in [-0.3, -0.25) is 5.32 Å². The average molecular weight is 233 g/mol. The van der Waals surface area contributed by atoms with Crippen LogP contribution in [-0.4, -0.2) is 17.1 Å². The maximum atomic E-state index is 11.5. The third-order valence-electron chi connectivity index (χ3n) is 3.30. The molecule has 1 saturated carbocycles. The van der Waals surface area contributed by atoms with E-state index in [2.05, 4.69) is 11.4 Å². The molecule has 1 aliphatic rings. The van der Waals surface area contributed by atoms with Crippen LogP contribution in [0, 0.1) is 13.8 Å². The largest absolute Gasteiger partial charge is 0.480 e. The molecule has 0 bridgehead atoms. The summed E-state index contributed by atoms with van der Waals surface area (Å²) < 4.78 is 0. The van der Waals surface area contributed by atoms with E-state index < -0.39 is 11.5 Å². The molecule has 1 aromatic rings. The first-order valence-electron chi connectivity index (χ1n) is 6.01. The summed E-state index contributed by atoms with van der Waals surface area (Å²) in [5, 5.41) is 12.7. The lowest BCUT2D eigenvalue weighted by atomic mass is 9.89. The standard InChI is InChI=1S/C14H19NO2/c1-9-6-10(2)8-11(7-9)14(3,13(16)17)15-12-4-5-12/h6-8,12,15H,4-5H2,1-3H3,(H,16,17). The van der Waals surface area contributed by atoms with Crippen molar-refractivity contribution in [2.45, 2.75) is 45.2 Å². The number of carboxylic acid groups (broad SMARTS) is 1. The smallest absolute Gasteiger partial charge is 0.328 e. The van der Waals surface area contributed by atoms with Gasteiger partial charge < -0.3 is 5.11 Å². The first kappa shape index (κ1) is 12.1. The number of aliphatic carboxylic acids is 1. The minimum Gasteiger partial charge on any atom is -0.480 e. The summed E-state index contributed by atoms with van der Waals surface area (Å²) in [5.74, 6) is -0.811. The fourth-order valence-corrected chi connectivity index (χ4v) is 2.17. The Morgan fingerprint density at radius 3 is 2.24 bits per heavy atom. The highest BCUT2D eigenvalue weighted by Gasteiger charge is 2.40. The van der Waals surface area contributed by atoms with Crippen molar-refractivity contribution in [2.24, 2.45) is 0 Å². The van der Waals surface area contributed by atoms with Crippen molar-refractivity contribution in [1.82, 2.24) is 5.32 Å². The van der Waals surface area contributed by atoms with Crippen LogP contribution in [0.4, 0.5) is 0 Å². The Kier molecular flexibility index (Phi) is 2.96. The molecule has 3 nitrogen and oxygen atoms in total. The second kappa shape index (κ2) is 4.15. The van der Waals surface area contributed by atoms with Crippen LogP contribution in [0.2, 0.25) is 0 Å². The van der Waals surface area contributed by atoms with Crippen LogP contribution in [0.25, 0.3) is 0 Å². The lowest BCUT2D eigenvalue weighted by Crippen LogP contribution is -2.47. The van der Waals surface area contributed by atoms with Crippen molar-refractivity contribution in [3.8, 4) is 0 Å². The monoisotopic (exact) mass is 233 g/mol. The van der Waals surface area contributed by atoms with E-state index in [0.29, 0.717) is 6.04 Å². The fraction of sp³-hybridized carbons (Fsp3) is 0.500. The van der Waals surface area contributed by atoms with Crippen molar-refractivity contribution < 1.29 is 9.90 Å². The first-order chi connectivity index (χ1) is 7.91. The maximum Gasteiger partial charge on any atom is 0.328 e. The lowest BCUT2D eigenvalue weighted by Gasteiger charge is -2.27. The predicted molar refractivity (Wildman–Crippen MR) is 67.1 cm³/mol. The van der Waals surface area contributed by atoms with Crippen molar-refractivity contribution in [3.05, 3.63) is 34.9 Å². The molecule has 1 aromatic carbocycles. The third-order valence-corrected chi connectivity index (χ3v) is 3.30. The van der Waals surface area contributed by atoms with Gasteiger partial charge in [-0.05, 0) is 39.2 Å². The van der Waals surface area contributed by atoms with E-state index in [-0.39, 0.29) is 0 Å². The van der Waals surface area contributed by atoms with Crippen LogP contribution >= 0.6 is 0 Å². The van der Waals surface area contributed by atoms with E-state index in [1.165, 1.54) is 0 Å². The van der Waals surface area contributed by atoms with Crippen molar-refractivity contribution in [1.29, 1.82) is 0 Å². The van der Waals surface area contributed by atoms with Gasteiger partial charge in [0.05, 0.1) is 0 Å². The Balaban J connectivity index is 2.40. The fourth-order valence-electron chi connectivity index (χ4n) is 2.17. The number of benzene rings is 1. The van der Waals surface area contributed by atoms with Gasteiger partial charge in [0.1, 0.15) is 5.54 Å². The van der Waals surface area contributed by atoms with E-state index in [9.17, 15) is 9.90 Å². The number of carboxylic acids is 1. The molecule has 1 atom stereocenters. The van der Waals surface area contributed by atoms with Crippen molar-refractivity contribution in [3.63, 3.8) is 0 Å². The molecule has 1 fully saturated rings. The quantitative estimate of drug-likeness (QED) is 0.839. The van der Waals surface area contributed by atoms with Crippen LogP contribution in [0.1, 0.15) is 36.5 Å². The van der Waals surface area contributed by atoms with E-state index in [1.807, 2.05) is 26.0 Å². The maximum absolute atomic E-state index is 11.5. The molecule has 1 aliphatic carbocycles. The van der Waals surface area contributed by atoms with Gasteiger partial charge in [-0.1, -0.05) is 29.3 Å². The van der Waals surface area contributed by atoms with Gasteiger partial charge in [0.2, 0.25) is 0 Å². The molecule has 3 heteroatoms. The second-order valence-corrected chi connectivity index (χ2v) is 5.23. The van der Waals surface area contributed by atoms with Crippen LogP contribution in [0.15, 0.2) is 18.2 Å². The number of carbonyl (C=O) groups is 1.